The lowest BCUT2D eigenvalue weighted by Crippen LogP contribution is -2.30. The minimum atomic E-state index is -0.827. The predicted octanol–water partition coefficient (Wildman–Crippen LogP) is 17.1. The van der Waals surface area contributed by atoms with Gasteiger partial charge in [0.05, 0.1) is 0 Å². The number of hydrogen-bond acceptors (Lipinski definition) is 6. The zero-order chi connectivity index (χ0) is 47.2. The second-order valence-corrected chi connectivity index (χ2v) is 16.3. The Morgan fingerprint density at radius 1 is 0.308 bits per heavy atom. The number of esters is 3. The molecule has 0 heterocycles. The van der Waals surface area contributed by atoms with Crippen LogP contribution in [0.25, 0.3) is 0 Å². The van der Waals surface area contributed by atoms with Crippen molar-refractivity contribution in [2.45, 2.75) is 207 Å². The van der Waals surface area contributed by atoms with E-state index in [-0.39, 0.29) is 37.5 Å². The molecule has 0 aromatic rings. The SMILES string of the molecule is CC/C=C\C/C=C\C/C=C\C/C=C\C/C=C\CCCC(=O)OC(COC(=O)CCCCCCC/C=C\C/C=C\C/C=C\CC)COC(=O)CCCCCCC/C=C\C/C=C\C/C=C\CC. The highest BCUT2D eigenvalue weighted by molar-refractivity contribution is 5.71. The molecule has 0 aliphatic rings. The van der Waals surface area contributed by atoms with Crippen molar-refractivity contribution in [1.82, 2.24) is 0 Å². The van der Waals surface area contributed by atoms with E-state index in [2.05, 4.69) is 154 Å². The Bertz CT molecular complexity index is 1380. The normalized spacial score (nSPS) is 12.8. The molecule has 6 heteroatoms. The first-order valence-corrected chi connectivity index (χ1v) is 25.7. The molecule has 0 saturated heterocycles. The predicted molar refractivity (Wildman–Crippen MR) is 279 cm³/mol. The van der Waals surface area contributed by atoms with E-state index in [0.717, 1.165) is 154 Å². The van der Waals surface area contributed by atoms with Gasteiger partial charge >= 0.3 is 17.9 Å². The first-order chi connectivity index (χ1) is 32.0. The first kappa shape index (κ1) is 60.5. The van der Waals surface area contributed by atoms with E-state index in [4.69, 9.17) is 14.2 Å². The van der Waals surface area contributed by atoms with Crippen LogP contribution in [0, 0.1) is 0 Å². The van der Waals surface area contributed by atoms with Crippen LogP contribution in [-0.2, 0) is 28.6 Å². The molecular formula is C59H92O6. The molecule has 0 aliphatic heterocycles. The molecule has 364 valence electrons. The fourth-order valence-corrected chi connectivity index (χ4v) is 6.39. The van der Waals surface area contributed by atoms with Crippen LogP contribution in [0.3, 0.4) is 0 Å². The zero-order valence-electron chi connectivity index (χ0n) is 41.4. The lowest BCUT2D eigenvalue weighted by molar-refractivity contribution is -0.167. The van der Waals surface area contributed by atoms with Gasteiger partial charge in [0.15, 0.2) is 6.10 Å². The average molecular weight is 897 g/mol. The third-order valence-corrected chi connectivity index (χ3v) is 10.1. The highest BCUT2D eigenvalue weighted by atomic mass is 16.6. The van der Waals surface area contributed by atoms with E-state index in [1.807, 2.05) is 0 Å². The lowest BCUT2D eigenvalue weighted by Gasteiger charge is -2.18. The quantitative estimate of drug-likeness (QED) is 0.0262. The maximum atomic E-state index is 12.8. The summed E-state index contributed by atoms with van der Waals surface area (Å²) in [5, 5.41) is 0. The van der Waals surface area contributed by atoms with E-state index in [9.17, 15) is 14.4 Å². The van der Waals surface area contributed by atoms with Gasteiger partial charge in [0.2, 0.25) is 0 Å². The molecule has 0 amide bonds. The van der Waals surface area contributed by atoms with Crippen molar-refractivity contribution >= 4 is 17.9 Å². The molecule has 0 rings (SSSR count). The third-order valence-electron chi connectivity index (χ3n) is 10.1. The van der Waals surface area contributed by atoms with Crippen LogP contribution in [0.5, 0.6) is 0 Å². The number of rotatable bonds is 44. The van der Waals surface area contributed by atoms with Crippen LogP contribution in [0.2, 0.25) is 0 Å². The highest BCUT2D eigenvalue weighted by Crippen LogP contribution is 2.12. The number of carbonyl (C=O) groups excluding carboxylic acids is 3. The van der Waals surface area contributed by atoms with Crippen molar-refractivity contribution in [2.75, 3.05) is 13.2 Å². The Hall–Kier alpha value is -4.45. The zero-order valence-corrected chi connectivity index (χ0v) is 41.4. The van der Waals surface area contributed by atoms with Gasteiger partial charge in [-0.05, 0) is 122 Å². The van der Waals surface area contributed by atoms with Crippen molar-refractivity contribution in [2.24, 2.45) is 0 Å². The summed E-state index contributed by atoms with van der Waals surface area (Å²) in [6.07, 6.45) is 72.9. The first-order valence-electron chi connectivity index (χ1n) is 25.7. The lowest BCUT2D eigenvalue weighted by atomic mass is 10.1. The van der Waals surface area contributed by atoms with Gasteiger partial charge in [-0.3, -0.25) is 14.4 Å². The minimum Gasteiger partial charge on any atom is -0.462 e. The van der Waals surface area contributed by atoms with Crippen molar-refractivity contribution in [3.63, 3.8) is 0 Å². The summed E-state index contributed by atoms with van der Waals surface area (Å²) in [6.45, 7) is 6.20. The molecule has 0 aromatic heterocycles. The van der Waals surface area contributed by atoms with Gasteiger partial charge in [-0.2, -0.15) is 0 Å². The fourth-order valence-electron chi connectivity index (χ4n) is 6.39. The smallest absolute Gasteiger partial charge is 0.306 e. The number of ether oxygens (including phenoxy) is 3. The van der Waals surface area contributed by atoms with Crippen LogP contribution < -0.4 is 0 Å². The van der Waals surface area contributed by atoms with Gasteiger partial charge in [0.1, 0.15) is 13.2 Å². The maximum Gasteiger partial charge on any atom is 0.306 e. The molecule has 0 unspecified atom stereocenters. The molecule has 0 saturated carbocycles. The van der Waals surface area contributed by atoms with E-state index in [0.29, 0.717) is 19.3 Å². The molecule has 0 N–H and O–H groups in total. The summed E-state index contributed by atoms with van der Waals surface area (Å²) < 4.78 is 16.7. The number of allylic oxidation sites excluding steroid dienone is 22. The highest BCUT2D eigenvalue weighted by Gasteiger charge is 2.19. The van der Waals surface area contributed by atoms with Crippen LogP contribution in [-0.4, -0.2) is 37.2 Å². The number of hydrogen-bond donors (Lipinski definition) is 0. The molecule has 0 aromatic carbocycles. The number of unbranched alkanes of at least 4 members (excludes halogenated alkanes) is 11. The van der Waals surface area contributed by atoms with Gasteiger partial charge in [0, 0.05) is 19.3 Å². The second-order valence-electron chi connectivity index (χ2n) is 16.3. The molecule has 0 fully saturated rings. The summed E-state index contributed by atoms with van der Waals surface area (Å²) >= 11 is 0. The standard InChI is InChI=1S/C59H92O6/c1-4-7-10-13-16-19-22-25-28-29-32-35-38-41-44-47-50-53-59(62)65-56(54-63-57(60)51-48-45-42-39-36-33-30-26-23-20-17-14-11-8-5-2)55-64-58(61)52-49-46-43-40-37-34-31-27-24-21-18-15-12-9-6-3/h7-12,16-21,25-28,30-32,35,41,44,56H,4-6,13-15,22-24,29,33-34,36-40,42-43,45-55H2,1-3H3/b10-7-,11-8-,12-9-,19-16-,20-17-,21-18-,28-25-,30-26-,31-27-,35-32-,44-41-. The summed E-state index contributed by atoms with van der Waals surface area (Å²) in [7, 11) is 0. The summed E-state index contributed by atoms with van der Waals surface area (Å²) in [5.74, 6) is -1.02. The van der Waals surface area contributed by atoms with Gasteiger partial charge in [0.25, 0.3) is 0 Å². The Labute approximate surface area is 398 Å². The van der Waals surface area contributed by atoms with E-state index >= 15 is 0 Å². The molecule has 0 bridgehead atoms. The molecule has 6 nitrogen and oxygen atoms in total. The summed E-state index contributed by atoms with van der Waals surface area (Å²) in [4.78, 5) is 38.0. The summed E-state index contributed by atoms with van der Waals surface area (Å²) in [5.41, 5.74) is 0. The van der Waals surface area contributed by atoms with Crippen molar-refractivity contribution in [1.29, 1.82) is 0 Å². The summed E-state index contributed by atoms with van der Waals surface area (Å²) in [6, 6.07) is 0. The van der Waals surface area contributed by atoms with Crippen LogP contribution in [0.15, 0.2) is 134 Å². The van der Waals surface area contributed by atoms with Crippen molar-refractivity contribution in [3.8, 4) is 0 Å². The number of carbonyl (C=O) groups is 3. The minimum absolute atomic E-state index is 0.120. The third kappa shape index (κ3) is 50.4. The topological polar surface area (TPSA) is 78.9 Å². The van der Waals surface area contributed by atoms with Gasteiger partial charge in [-0.15, -0.1) is 0 Å². The Morgan fingerprint density at radius 2 is 0.569 bits per heavy atom. The Balaban J connectivity index is 4.57. The molecule has 0 aliphatic carbocycles. The Morgan fingerprint density at radius 3 is 0.908 bits per heavy atom. The van der Waals surface area contributed by atoms with Crippen molar-refractivity contribution < 1.29 is 28.6 Å². The van der Waals surface area contributed by atoms with Crippen molar-refractivity contribution in [3.05, 3.63) is 134 Å². The average Bonchev–Trinajstić information content (AvgIpc) is 3.30. The van der Waals surface area contributed by atoms with Crippen LogP contribution >= 0.6 is 0 Å². The largest absolute Gasteiger partial charge is 0.462 e. The van der Waals surface area contributed by atoms with Crippen LogP contribution in [0.4, 0.5) is 0 Å². The van der Waals surface area contributed by atoms with E-state index < -0.39 is 6.10 Å². The molecule has 0 spiro atoms. The van der Waals surface area contributed by atoms with E-state index in [1.54, 1.807) is 0 Å². The van der Waals surface area contributed by atoms with Gasteiger partial charge in [-0.1, -0.05) is 193 Å². The Kier molecular flexibility index (Phi) is 48.6. The van der Waals surface area contributed by atoms with Gasteiger partial charge < -0.3 is 14.2 Å². The maximum absolute atomic E-state index is 12.8. The molecular weight excluding hydrogens is 805 g/mol. The van der Waals surface area contributed by atoms with Crippen LogP contribution in [0.1, 0.15) is 201 Å². The monoisotopic (exact) mass is 897 g/mol. The molecule has 65 heavy (non-hydrogen) atoms. The fraction of sp³-hybridized carbons (Fsp3) is 0.576. The molecule has 0 radical (unpaired) electrons. The second kappa shape index (κ2) is 52.2. The van der Waals surface area contributed by atoms with E-state index in [1.165, 1.54) is 0 Å². The molecule has 0 atom stereocenters. The van der Waals surface area contributed by atoms with Gasteiger partial charge in [-0.25, -0.2) is 0 Å².